The molecule has 1 aliphatic rings. The third-order valence-corrected chi connectivity index (χ3v) is 3.14. The Labute approximate surface area is 113 Å². The molecule has 1 amide bonds. The maximum Gasteiger partial charge on any atom is 0.337 e. The van der Waals surface area contributed by atoms with Crippen LogP contribution >= 0.6 is 11.6 Å². The summed E-state index contributed by atoms with van der Waals surface area (Å²) in [5.41, 5.74) is -0.129. The third-order valence-electron chi connectivity index (χ3n) is 2.84. The van der Waals surface area contributed by atoms with Gasteiger partial charge < -0.3 is 15.1 Å². The molecule has 1 saturated heterocycles. The van der Waals surface area contributed by atoms with Crippen LogP contribution in [0.4, 0.5) is 5.69 Å². The number of benzene rings is 1. The third kappa shape index (κ3) is 2.53. The van der Waals surface area contributed by atoms with Gasteiger partial charge in [0, 0.05) is 13.0 Å². The smallest absolute Gasteiger partial charge is 0.337 e. The summed E-state index contributed by atoms with van der Waals surface area (Å²) >= 11 is 5.86. The van der Waals surface area contributed by atoms with Crippen molar-refractivity contribution < 1.29 is 24.6 Å². The zero-order valence-electron chi connectivity index (χ0n) is 9.67. The molecule has 1 fully saturated rings. The molecule has 0 aliphatic carbocycles. The first kappa shape index (κ1) is 13.4. The predicted octanol–water partition coefficient (Wildman–Crippen LogP) is 1.43. The zero-order valence-corrected chi connectivity index (χ0v) is 10.4. The van der Waals surface area contributed by atoms with Gasteiger partial charge in [0.25, 0.3) is 0 Å². The highest BCUT2D eigenvalue weighted by molar-refractivity contribution is 6.24. The number of carboxylic acids is 2. The number of hydrogen-bond acceptors (Lipinski definition) is 3. The minimum atomic E-state index is -1.22. The summed E-state index contributed by atoms with van der Waals surface area (Å²) in [7, 11) is 0. The van der Waals surface area contributed by atoms with E-state index in [-0.39, 0.29) is 35.7 Å². The molecule has 19 heavy (non-hydrogen) atoms. The normalized spacial score (nSPS) is 18.7. The van der Waals surface area contributed by atoms with E-state index >= 15 is 0 Å². The number of carbonyl (C=O) groups is 3. The average molecular weight is 284 g/mol. The molecular formula is C12H10ClNO5. The molecule has 1 aromatic carbocycles. The van der Waals surface area contributed by atoms with E-state index < -0.39 is 17.3 Å². The number of nitrogens with zero attached hydrogens (tertiary/aromatic N) is 1. The lowest BCUT2D eigenvalue weighted by Crippen LogP contribution is -2.27. The second kappa shape index (κ2) is 4.89. The number of amides is 1. The first-order valence-electron chi connectivity index (χ1n) is 5.45. The highest BCUT2D eigenvalue weighted by Crippen LogP contribution is 2.28. The van der Waals surface area contributed by atoms with Gasteiger partial charge in [-0.15, -0.1) is 11.6 Å². The van der Waals surface area contributed by atoms with Crippen LogP contribution in [-0.2, 0) is 4.79 Å². The SMILES string of the molecule is O=C(O)c1ccc(C(=O)O)c(N2CC(Cl)CC2=O)c1. The van der Waals surface area contributed by atoms with Crippen LogP contribution in [0.25, 0.3) is 0 Å². The topological polar surface area (TPSA) is 94.9 Å². The summed E-state index contributed by atoms with van der Waals surface area (Å²) in [6.45, 7) is 0.170. The number of carboxylic acid groups (broad SMARTS) is 2. The van der Waals surface area contributed by atoms with E-state index in [4.69, 9.17) is 21.8 Å². The number of halogens is 1. The van der Waals surface area contributed by atoms with E-state index in [9.17, 15) is 14.4 Å². The molecule has 0 spiro atoms. The van der Waals surface area contributed by atoms with Crippen molar-refractivity contribution in [1.82, 2.24) is 0 Å². The van der Waals surface area contributed by atoms with Crippen molar-refractivity contribution in [3.63, 3.8) is 0 Å². The quantitative estimate of drug-likeness (QED) is 0.818. The molecule has 1 heterocycles. The molecule has 2 N–H and O–H groups in total. The molecule has 7 heteroatoms. The minimum absolute atomic E-state index is 0.0700. The van der Waals surface area contributed by atoms with Crippen LogP contribution in [0.3, 0.4) is 0 Å². The molecule has 0 aromatic heterocycles. The second-order valence-corrected chi connectivity index (χ2v) is 4.77. The van der Waals surface area contributed by atoms with E-state index in [1.54, 1.807) is 0 Å². The molecule has 1 unspecified atom stereocenters. The molecule has 6 nitrogen and oxygen atoms in total. The Kier molecular flexibility index (Phi) is 3.44. The van der Waals surface area contributed by atoms with E-state index in [1.807, 2.05) is 0 Å². The molecule has 1 aliphatic heterocycles. The van der Waals surface area contributed by atoms with Crippen molar-refractivity contribution in [2.45, 2.75) is 11.8 Å². The van der Waals surface area contributed by atoms with Gasteiger partial charge in [-0.25, -0.2) is 9.59 Å². The number of hydrogen-bond donors (Lipinski definition) is 2. The molecule has 1 aromatic rings. The Balaban J connectivity index is 2.52. The van der Waals surface area contributed by atoms with Crippen LogP contribution in [0.1, 0.15) is 27.1 Å². The molecule has 100 valence electrons. The molecular weight excluding hydrogens is 274 g/mol. The van der Waals surface area contributed by atoms with Gasteiger partial charge in [-0.05, 0) is 18.2 Å². The fraction of sp³-hybridized carbons (Fsp3) is 0.250. The Bertz CT molecular complexity index is 571. The standard InChI is InChI=1S/C12H10ClNO5/c13-7-4-10(15)14(5-7)9-3-6(11(16)17)1-2-8(9)12(18)19/h1-3,7H,4-5H2,(H,16,17)(H,18,19). The summed E-state index contributed by atoms with van der Waals surface area (Å²) in [5, 5.41) is 17.6. The number of aromatic carboxylic acids is 2. The van der Waals surface area contributed by atoms with Crippen LogP contribution in [-0.4, -0.2) is 40.0 Å². The Morgan fingerprint density at radius 3 is 2.42 bits per heavy atom. The van der Waals surface area contributed by atoms with Crippen LogP contribution in [0, 0.1) is 0 Å². The summed E-state index contributed by atoms with van der Waals surface area (Å²) in [6.07, 6.45) is 0.109. The van der Waals surface area contributed by atoms with Crippen LogP contribution in [0.5, 0.6) is 0 Å². The van der Waals surface area contributed by atoms with Crippen LogP contribution in [0.2, 0.25) is 0 Å². The number of alkyl halides is 1. The Hall–Kier alpha value is -2.08. The highest BCUT2D eigenvalue weighted by atomic mass is 35.5. The lowest BCUT2D eigenvalue weighted by atomic mass is 10.1. The molecule has 0 bridgehead atoms. The fourth-order valence-electron chi connectivity index (χ4n) is 1.97. The van der Waals surface area contributed by atoms with E-state index in [0.717, 1.165) is 0 Å². The first-order valence-corrected chi connectivity index (χ1v) is 5.89. The van der Waals surface area contributed by atoms with Gasteiger partial charge in [0.1, 0.15) is 0 Å². The second-order valence-electron chi connectivity index (χ2n) is 4.15. The van der Waals surface area contributed by atoms with Gasteiger partial charge in [-0.3, -0.25) is 4.79 Å². The van der Waals surface area contributed by atoms with Gasteiger partial charge in [0.05, 0.1) is 22.2 Å². The maximum atomic E-state index is 11.7. The van der Waals surface area contributed by atoms with Crippen molar-refractivity contribution in [2.24, 2.45) is 0 Å². The van der Waals surface area contributed by atoms with Crippen molar-refractivity contribution >= 4 is 35.1 Å². The number of carbonyl (C=O) groups excluding carboxylic acids is 1. The molecule has 0 radical (unpaired) electrons. The highest BCUT2D eigenvalue weighted by Gasteiger charge is 2.32. The lowest BCUT2D eigenvalue weighted by molar-refractivity contribution is -0.117. The van der Waals surface area contributed by atoms with Crippen LogP contribution < -0.4 is 4.90 Å². The monoisotopic (exact) mass is 283 g/mol. The van der Waals surface area contributed by atoms with Crippen molar-refractivity contribution in [3.8, 4) is 0 Å². The Morgan fingerprint density at radius 2 is 1.95 bits per heavy atom. The molecule has 2 rings (SSSR count). The first-order chi connectivity index (χ1) is 8.90. The van der Waals surface area contributed by atoms with Gasteiger partial charge in [-0.1, -0.05) is 0 Å². The lowest BCUT2D eigenvalue weighted by Gasteiger charge is -2.18. The molecule has 1 atom stereocenters. The van der Waals surface area contributed by atoms with Gasteiger partial charge in [0.15, 0.2) is 0 Å². The number of rotatable bonds is 3. The van der Waals surface area contributed by atoms with Crippen LogP contribution in [0.15, 0.2) is 18.2 Å². The van der Waals surface area contributed by atoms with Crippen molar-refractivity contribution in [1.29, 1.82) is 0 Å². The maximum absolute atomic E-state index is 11.7. The largest absolute Gasteiger partial charge is 0.478 e. The minimum Gasteiger partial charge on any atom is -0.478 e. The summed E-state index contributed by atoms with van der Waals surface area (Å²) in [5.74, 6) is -2.73. The van der Waals surface area contributed by atoms with Crippen molar-refractivity contribution in [2.75, 3.05) is 11.4 Å². The van der Waals surface area contributed by atoms with Crippen molar-refractivity contribution in [3.05, 3.63) is 29.3 Å². The van der Waals surface area contributed by atoms with Gasteiger partial charge in [-0.2, -0.15) is 0 Å². The van der Waals surface area contributed by atoms with E-state index in [1.165, 1.54) is 23.1 Å². The van der Waals surface area contributed by atoms with Gasteiger partial charge >= 0.3 is 11.9 Å². The summed E-state index contributed by atoms with van der Waals surface area (Å²) in [4.78, 5) is 35.0. The molecule has 0 saturated carbocycles. The van der Waals surface area contributed by atoms with E-state index in [0.29, 0.717) is 0 Å². The van der Waals surface area contributed by atoms with E-state index in [2.05, 4.69) is 0 Å². The summed E-state index contributed by atoms with van der Waals surface area (Å²) < 4.78 is 0. The zero-order chi connectivity index (χ0) is 14.2. The van der Waals surface area contributed by atoms with Gasteiger partial charge in [0.2, 0.25) is 5.91 Å². The summed E-state index contributed by atoms with van der Waals surface area (Å²) in [6, 6.07) is 3.54. The number of anilines is 1. The average Bonchev–Trinajstić information content (AvgIpc) is 2.67. The Morgan fingerprint density at radius 1 is 1.26 bits per heavy atom. The predicted molar refractivity (Wildman–Crippen MR) is 67.0 cm³/mol. The fourth-order valence-corrected chi connectivity index (χ4v) is 2.24.